The average Bonchev–Trinajstić information content (AvgIpc) is 2.79. The van der Waals surface area contributed by atoms with Gasteiger partial charge in [0.15, 0.2) is 17.5 Å². The molecule has 0 N–H and O–H groups in total. The van der Waals surface area contributed by atoms with Crippen LogP contribution in [0.2, 0.25) is 0 Å². The molecule has 3 aromatic carbocycles. The van der Waals surface area contributed by atoms with E-state index >= 15 is 0 Å². The van der Waals surface area contributed by atoms with Crippen molar-refractivity contribution in [2.24, 2.45) is 0 Å². The highest BCUT2D eigenvalue weighted by molar-refractivity contribution is 5.68. The Morgan fingerprint density at radius 1 is 0.500 bits per heavy atom. The number of nitrogens with zero attached hydrogens (tertiary/aromatic N) is 5. The van der Waals surface area contributed by atoms with Crippen LogP contribution in [0.15, 0.2) is 78.9 Å². The van der Waals surface area contributed by atoms with E-state index in [4.69, 9.17) is 0 Å². The lowest BCUT2D eigenvalue weighted by atomic mass is 10.1. The molecule has 0 aliphatic heterocycles. The summed E-state index contributed by atoms with van der Waals surface area (Å²) in [7, 11) is 0. The highest BCUT2D eigenvalue weighted by Gasteiger charge is 2.13. The van der Waals surface area contributed by atoms with Gasteiger partial charge in [0.05, 0.1) is 23.3 Å². The fourth-order valence-electron chi connectivity index (χ4n) is 2.82. The van der Waals surface area contributed by atoms with Gasteiger partial charge in [0.1, 0.15) is 0 Å². The number of hydrogen-bond donors (Lipinski definition) is 0. The van der Waals surface area contributed by atoms with E-state index in [2.05, 4.69) is 27.1 Å². The maximum atomic E-state index is 9.28. The van der Waals surface area contributed by atoms with E-state index in [9.17, 15) is 10.5 Å². The molecular weight excluding hydrogens is 346 g/mol. The third-order valence-electron chi connectivity index (χ3n) is 4.15. The molecule has 130 valence electrons. The molecule has 0 saturated carbocycles. The molecule has 0 spiro atoms. The van der Waals surface area contributed by atoms with Gasteiger partial charge in [0, 0.05) is 16.7 Å². The zero-order valence-corrected chi connectivity index (χ0v) is 14.7. The summed E-state index contributed by atoms with van der Waals surface area (Å²) < 4.78 is 0. The second-order valence-corrected chi connectivity index (χ2v) is 6.06. The number of rotatable bonds is 3. The van der Waals surface area contributed by atoms with E-state index < -0.39 is 0 Å². The van der Waals surface area contributed by atoms with Gasteiger partial charge in [0.25, 0.3) is 0 Å². The first-order valence-electron chi connectivity index (χ1n) is 8.59. The molecule has 0 aliphatic carbocycles. The molecule has 0 unspecified atom stereocenters. The van der Waals surface area contributed by atoms with Crippen molar-refractivity contribution in [2.75, 3.05) is 0 Å². The molecule has 5 nitrogen and oxygen atoms in total. The molecule has 0 aliphatic rings. The predicted octanol–water partition coefficient (Wildman–Crippen LogP) is 4.62. The van der Waals surface area contributed by atoms with Crippen LogP contribution in [-0.4, -0.2) is 15.0 Å². The fourth-order valence-corrected chi connectivity index (χ4v) is 2.82. The summed E-state index contributed by atoms with van der Waals surface area (Å²) in [5, 5.41) is 18.6. The second-order valence-electron chi connectivity index (χ2n) is 6.06. The summed E-state index contributed by atoms with van der Waals surface area (Å²) in [6, 6.07) is 28.3. The Morgan fingerprint density at radius 2 is 0.893 bits per heavy atom. The van der Waals surface area contributed by atoms with Crippen molar-refractivity contribution in [3.63, 3.8) is 0 Å². The normalized spacial score (nSPS) is 10.1. The minimum absolute atomic E-state index is 0.386. The van der Waals surface area contributed by atoms with Gasteiger partial charge < -0.3 is 0 Å². The van der Waals surface area contributed by atoms with Crippen LogP contribution < -0.4 is 0 Å². The third-order valence-corrected chi connectivity index (χ3v) is 4.15. The van der Waals surface area contributed by atoms with Crippen LogP contribution in [0.1, 0.15) is 11.1 Å². The Hall–Kier alpha value is -4.35. The van der Waals surface area contributed by atoms with Crippen molar-refractivity contribution in [1.29, 1.82) is 10.5 Å². The van der Waals surface area contributed by atoms with Crippen molar-refractivity contribution < 1.29 is 0 Å². The Labute approximate surface area is 162 Å². The average molecular weight is 359 g/mol. The smallest absolute Gasteiger partial charge is 0.164 e. The molecule has 1 heterocycles. The van der Waals surface area contributed by atoms with Gasteiger partial charge >= 0.3 is 0 Å². The van der Waals surface area contributed by atoms with Crippen LogP contribution in [0.4, 0.5) is 0 Å². The minimum Gasteiger partial charge on any atom is -0.208 e. The molecule has 0 bridgehead atoms. The third kappa shape index (κ3) is 3.46. The highest BCUT2D eigenvalue weighted by atomic mass is 15.0. The summed E-state index contributed by atoms with van der Waals surface area (Å²) >= 11 is 0. The first kappa shape index (κ1) is 17.1. The largest absolute Gasteiger partial charge is 0.208 e. The summed E-state index contributed by atoms with van der Waals surface area (Å²) in [5.74, 6) is 1.48. The molecule has 0 saturated heterocycles. The Kier molecular flexibility index (Phi) is 4.57. The van der Waals surface area contributed by atoms with Crippen molar-refractivity contribution in [1.82, 2.24) is 15.0 Å². The summed E-state index contributed by atoms with van der Waals surface area (Å²) in [5.41, 5.74) is 3.10. The standard InChI is InChI=1S/C23H13N5/c24-14-16-11-17(15-25)13-20(12-16)23-27-21(18-7-3-1-4-8-18)26-22(28-23)19-9-5-2-6-10-19/h1-13H. The number of hydrogen-bond acceptors (Lipinski definition) is 5. The van der Waals surface area contributed by atoms with Gasteiger partial charge in [-0.3, -0.25) is 0 Å². The Balaban J connectivity index is 1.95. The molecule has 0 radical (unpaired) electrons. The van der Waals surface area contributed by atoms with Gasteiger partial charge in [-0.25, -0.2) is 15.0 Å². The Morgan fingerprint density at radius 3 is 1.29 bits per heavy atom. The number of aromatic nitrogens is 3. The van der Waals surface area contributed by atoms with Crippen LogP contribution >= 0.6 is 0 Å². The predicted molar refractivity (Wildman–Crippen MR) is 106 cm³/mol. The summed E-state index contributed by atoms with van der Waals surface area (Å²) in [6.45, 7) is 0. The van der Waals surface area contributed by atoms with Gasteiger partial charge in [-0.15, -0.1) is 0 Å². The zero-order valence-electron chi connectivity index (χ0n) is 14.7. The molecule has 0 atom stereocenters. The first-order valence-corrected chi connectivity index (χ1v) is 8.59. The van der Waals surface area contributed by atoms with Crippen molar-refractivity contribution >= 4 is 0 Å². The molecule has 4 aromatic rings. The molecule has 28 heavy (non-hydrogen) atoms. The van der Waals surface area contributed by atoms with E-state index in [1.165, 1.54) is 0 Å². The van der Waals surface area contributed by atoms with Crippen molar-refractivity contribution in [3.05, 3.63) is 90.0 Å². The van der Waals surface area contributed by atoms with E-state index in [1.54, 1.807) is 18.2 Å². The first-order chi connectivity index (χ1) is 13.8. The number of benzene rings is 3. The van der Waals surface area contributed by atoms with Gasteiger partial charge in [-0.2, -0.15) is 10.5 Å². The van der Waals surface area contributed by atoms with Crippen LogP contribution in [0.25, 0.3) is 34.2 Å². The minimum atomic E-state index is 0.386. The van der Waals surface area contributed by atoms with Crippen molar-refractivity contribution in [3.8, 4) is 46.3 Å². The van der Waals surface area contributed by atoms with Gasteiger partial charge in [-0.1, -0.05) is 60.7 Å². The van der Waals surface area contributed by atoms with Crippen LogP contribution in [0.5, 0.6) is 0 Å². The molecule has 4 rings (SSSR count). The second kappa shape index (κ2) is 7.49. The van der Waals surface area contributed by atoms with E-state index in [0.717, 1.165) is 11.1 Å². The van der Waals surface area contributed by atoms with Crippen LogP contribution in [0.3, 0.4) is 0 Å². The van der Waals surface area contributed by atoms with Gasteiger partial charge in [-0.05, 0) is 18.2 Å². The monoisotopic (exact) mass is 359 g/mol. The topological polar surface area (TPSA) is 86.2 Å². The highest BCUT2D eigenvalue weighted by Crippen LogP contribution is 2.25. The maximum absolute atomic E-state index is 9.28. The summed E-state index contributed by atoms with van der Waals surface area (Å²) in [6.07, 6.45) is 0. The SMILES string of the molecule is N#Cc1cc(C#N)cc(-c2nc(-c3ccccc3)nc(-c3ccccc3)n2)c1. The molecule has 0 fully saturated rings. The zero-order chi connectivity index (χ0) is 19.3. The molecule has 5 heteroatoms. The van der Waals surface area contributed by atoms with E-state index in [1.807, 2.05) is 60.7 Å². The maximum Gasteiger partial charge on any atom is 0.164 e. The fraction of sp³-hybridized carbons (Fsp3) is 0. The molecular formula is C23H13N5. The number of nitriles is 2. The lowest BCUT2D eigenvalue weighted by molar-refractivity contribution is 1.07. The van der Waals surface area contributed by atoms with E-state index in [-0.39, 0.29) is 0 Å². The van der Waals surface area contributed by atoms with Gasteiger partial charge in [0.2, 0.25) is 0 Å². The van der Waals surface area contributed by atoms with Crippen LogP contribution in [0, 0.1) is 22.7 Å². The van der Waals surface area contributed by atoms with Crippen LogP contribution in [-0.2, 0) is 0 Å². The Bertz CT molecular complexity index is 1130. The quantitative estimate of drug-likeness (QED) is 0.533. The summed E-state index contributed by atoms with van der Waals surface area (Å²) in [4.78, 5) is 13.9. The lowest BCUT2D eigenvalue weighted by Gasteiger charge is -2.08. The van der Waals surface area contributed by atoms with E-state index in [0.29, 0.717) is 34.2 Å². The molecule has 1 aromatic heterocycles. The molecule has 0 amide bonds. The lowest BCUT2D eigenvalue weighted by Crippen LogP contribution is -2.00. The van der Waals surface area contributed by atoms with Crippen molar-refractivity contribution in [2.45, 2.75) is 0 Å².